The first kappa shape index (κ1) is 10.6. The van der Waals surface area contributed by atoms with Gasteiger partial charge < -0.3 is 15.5 Å². The molecule has 5 nitrogen and oxygen atoms in total. The van der Waals surface area contributed by atoms with Crippen molar-refractivity contribution < 1.29 is 19.8 Å². The van der Waals surface area contributed by atoms with Gasteiger partial charge in [-0.1, -0.05) is 0 Å². The molecule has 0 fully saturated rings. The molecule has 0 rings (SSSR count). The molecule has 0 radical (unpaired) electrons. The monoisotopic (exact) mass is 173 g/mol. The molecule has 0 saturated heterocycles. The Morgan fingerprint density at radius 1 is 1.50 bits per heavy atom. The van der Waals surface area contributed by atoms with Crippen LogP contribution in [0.4, 0.5) is 0 Å². The van der Waals surface area contributed by atoms with Crippen LogP contribution >= 0.6 is 0 Å². The van der Waals surface area contributed by atoms with Crippen molar-refractivity contribution in [2.75, 3.05) is 6.61 Å². The molecule has 0 heterocycles. The molecule has 0 aliphatic rings. The Morgan fingerprint density at radius 2 is 2.08 bits per heavy atom. The predicted octanol–water partition coefficient (Wildman–Crippen LogP) is -0.876. The van der Waals surface area contributed by atoms with Gasteiger partial charge in [-0.3, -0.25) is 4.79 Å². The van der Waals surface area contributed by atoms with Gasteiger partial charge in [0.15, 0.2) is 0 Å². The molecular weight excluding hydrogens is 162 g/mol. The standard InChI is InChI=1S/C7H11NO4/c1-5(4-9)8-6(10)2-3-7(11)12/h2-3,5,9H,4H2,1H3,(H,8,10)(H,11,12)/b3-2-. The fourth-order valence-corrected chi connectivity index (χ4v) is 0.484. The Kier molecular flexibility index (Phi) is 4.71. The van der Waals surface area contributed by atoms with Crippen molar-refractivity contribution in [3.8, 4) is 0 Å². The number of aliphatic carboxylic acids is 1. The van der Waals surface area contributed by atoms with Gasteiger partial charge in [-0.25, -0.2) is 4.79 Å². The number of hydrogen-bond donors (Lipinski definition) is 3. The average Bonchev–Trinajstić information content (AvgIpc) is 2.00. The summed E-state index contributed by atoms with van der Waals surface area (Å²) in [5, 5.41) is 19.0. The number of nitrogens with one attached hydrogen (secondary N) is 1. The number of carbonyl (C=O) groups excluding carboxylic acids is 1. The number of rotatable bonds is 4. The van der Waals surface area contributed by atoms with E-state index in [0.29, 0.717) is 0 Å². The zero-order chi connectivity index (χ0) is 9.56. The summed E-state index contributed by atoms with van der Waals surface area (Å²) in [6.07, 6.45) is 1.63. The quantitative estimate of drug-likeness (QED) is 0.482. The lowest BCUT2D eigenvalue weighted by atomic mass is 10.3. The Balaban J connectivity index is 3.81. The fourth-order valence-electron chi connectivity index (χ4n) is 0.484. The molecule has 0 aromatic carbocycles. The molecule has 1 atom stereocenters. The highest BCUT2D eigenvalue weighted by molar-refractivity contribution is 5.93. The number of hydrogen-bond acceptors (Lipinski definition) is 3. The zero-order valence-electron chi connectivity index (χ0n) is 6.65. The smallest absolute Gasteiger partial charge is 0.328 e. The van der Waals surface area contributed by atoms with Crippen LogP contribution in [0.3, 0.4) is 0 Å². The van der Waals surface area contributed by atoms with Crippen LogP contribution in [0.5, 0.6) is 0 Å². The SMILES string of the molecule is CC(CO)NC(=O)/C=C\C(=O)O. The summed E-state index contributed by atoms with van der Waals surface area (Å²) in [6.45, 7) is 1.43. The molecule has 0 saturated carbocycles. The minimum Gasteiger partial charge on any atom is -0.478 e. The largest absolute Gasteiger partial charge is 0.478 e. The highest BCUT2D eigenvalue weighted by Crippen LogP contribution is 1.80. The van der Waals surface area contributed by atoms with Crippen LogP contribution in [0.2, 0.25) is 0 Å². The van der Waals surface area contributed by atoms with Gasteiger partial charge in [0.2, 0.25) is 5.91 Å². The molecule has 0 aromatic rings. The third-order valence-electron chi connectivity index (χ3n) is 1.04. The summed E-state index contributed by atoms with van der Waals surface area (Å²) >= 11 is 0. The first-order valence-corrected chi connectivity index (χ1v) is 3.38. The van der Waals surface area contributed by atoms with Gasteiger partial charge in [-0.15, -0.1) is 0 Å². The van der Waals surface area contributed by atoms with E-state index in [-0.39, 0.29) is 12.6 Å². The Labute approximate surface area is 69.7 Å². The van der Waals surface area contributed by atoms with Crippen molar-refractivity contribution >= 4 is 11.9 Å². The third-order valence-corrected chi connectivity index (χ3v) is 1.04. The fraction of sp³-hybridized carbons (Fsp3) is 0.429. The van der Waals surface area contributed by atoms with Crippen molar-refractivity contribution in [3.63, 3.8) is 0 Å². The predicted molar refractivity (Wildman–Crippen MR) is 41.5 cm³/mol. The van der Waals surface area contributed by atoms with Gasteiger partial charge in [0, 0.05) is 18.2 Å². The van der Waals surface area contributed by atoms with Gasteiger partial charge in [0.1, 0.15) is 0 Å². The first-order valence-electron chi connectivity index (χ1n) is 3.38. The van der Waals surface area contributed by atoms with E-state index in [4.69, 9.17) is 10.2 Å². The van der Waals surface area contributed by atoms with Crippen LogP contribution in [0.1, 0.15) is 6.92 Å². The topological polar surface area (TPSA) is 86.6 Å². The summed E-state index contributed by atoms with van der Waals surface area (Å²) in [5.41, 5.74) is 0. The van der Waals surface area contributed by atoms with E-state index in [1.165, 1.54) is 0 Å². The Bertz CT molecular complexity index is 200. The summed E-state index contributed by atoms with van der Waals surface area (Å²) in [5.74, 6) is -1.71. The summed E-state index contributed by atoms with van der Waals surface area (Å²) in [6, 6.07) is -0.365. The number of aliphatic hydroxyl groups excluding tert-OH is 1. The number of carboxylic acid groups (broad SMARTS) is 1. The molecule has 0 aliphatic heterocycles. The third kappa shape index (κ3) is 5.43. The molecule has 12 heavy (non-hydrogen) atoms. The average molecular weight is 173 g/mol. The van der Waals surface area contributed by atoms with E-state index < -0.39 is 11.9 Å². The number of carbonyl (C=O) groups is 2. The van der Waals surface area contributed by atoms with Crippen molar-refractivity contribution in [2.24, 2.45) is 0 Å². The molecule has 0 bridgehead atoms. The van der Waals surface area contributed by atoms with Gasteiger partial charge in [0.25, 0.3) is 0 Å². The molecule has 0 aromatic heterocycles. The van der Waals surface area contributed by atoms with Gasteiger partial charge in [0.05, 0.1) is 6.61 Å². The number of amides is 1. The van der Waals surface area contributed by atoms with Gasteiger partial charge >= 0.3 is 5.97 Å². The van der Waals surface area contributed by atoms with Crippen LogP contribution in [-0.4, -0.2) is 34.7 Å². The molecule has 1 amide bonds. The number of aliphatic hydroxyl groups is 1. The summed E-state index contributed by atoms with van der Waals surface area (Å²) in [4.78, 5) is 20.7. The highest BCUT2D eigenvalue weighted by Gasteiger charge is 2.01. The lowest BCUT2D eigenvalue weighted by Crippen LogP contribution is -2.33. The second-order valence-corrected chi connectivity index (χ2v) is 2.26. The van der Waals surface area contributed by atoms with Gasteiger partial charge in [-0.05, 0) is 6.92 Å². The lowest BCUT2D eigenvalue weighted by molar-refractivity contribution is -0.131. The molecule has 68 valence electrons. The van der Waals surface area contributed by atoms with Crippen LogP contribution in [0.15, 0.2) is 12.2 Å². The first-order chi connectivity index (χ1) is 5.56. The van der Waals surface area contributed by atoms with Crippen molar-refractivity contribution in [1.29, 1.82) is 0 Å². The van der Waals surface area contributed by atoms with E-state index >= 15 is 0 Å². The van der Waals surface area contributed by atoms with Crippen molar-refractivity contribution in [3.05, 3.63) is 12.2 Å². The van der Waals surface area contributed by atoms with Crippen LogP contribution in [0.25, 0.3) is 0 Å². The van der Waals surface area contributed by atoms with E-state index in [2.05, 4.69) is 5.32 Å². The molecule has 0 aliphatic carbocycles. The number of carboxylic acids is 1. The Morgan fingerprint density at radius 3 is 2.50 bits per heavy atom. The minimum absolute atomic E-state index is 0.174. The van der Waals surface area contributed by atoms with E-state index in [0.717, 1.165) is 12.2 Å². The zero-order valence-corrected chi connectivity index (χ0v) is 6.65. The minimum atomic E-state index is -1.18. The van der Waals surface area contributed by atoms with E-state index in [1.807, 2.05) is 0 Å². The highest BCUT2D eigenvalue weighted by atomic mass is 16.4. The van der Waals surface area contributed by atoms with Gasteiger partial charge in [-0.2, -0.15) is 0 Å². The summed E-state index contributed by atoms with van der Waals surface area (Å²) in [7, 11) is 0. The van der Waals surface area contributed by atoms with Crippen LogP contribution in [-0.2, 0) is 9.59 Å². The maximum atomic E-state index is 10.7. The maximum Gasteiger partial charge on any atom is 0.328 e. The molecule has 1 unspecified atom stereocenters. The van der Waals surface area contributed by atoms with E-state index in [1.54, 1.807) is 6.92 Å². The molecule has 0 spiro atoms. The van der Waals surface area contributed by atoms with Crippen molar-refractivity contribution in [1.82, 2.24) is 5.32 Å². The molecule has 3 N–H and O–H groups in total. The van der Waals surface area contributed by atoms with E-state index in [9.17, 15) is 9.59 Å². The van der Waals surface area contributed by atoms with Crippen molar-refractivity contribution in [2.45, 2.75) is 13.0 Å². The van der Waals surface area contributed by atoms with Crippen LogP contribution < -0.4 is 5.32 Å². The lowest BCUT2D eigenvalue weighted by Gasteiger charge is -2.07. The maximum absolute atomic E-state index is 10.7. The second-order valence-electron chi connectivity index (χ2n) is 2.26. The van der Waals surface area contributed by atoms with Crippen LogP contribution in [0, 0.1) is 0 Å². The Hall–Kier alpha value is -1.36. The second kappa shape index (κ2) is 5.31. The summed E-state index contributed by atoms with van der Waals surface area (Å²) < 4.78 is 0. The molecule has 5 heteroatoms. The molecular formula is C7H11NO4. The normalized spacial score (nSPS) is 12.8.